The van der Waals surface area contributed by atoms with E-state index in [-0.39, 0.29) is 18.4 Å². The van der Waals surface area contributed by atoms with Crippen molar-refractivity contribution in [2.45, 2.75) is 38.7 Å². The quantitative estimate of drug-likeness (QED) is 0.873. The smallest absolute Gasteiger partial charge is 0.223 e. The molecule has 104 valence electrons. The molecule has 1 aromatic rings. The largest absolute Gasteiger partial charge is 0.463 e. The second kappa shape index (κ2) is 4.37. The lowest BCUT2D eigenvalue weighted by atomic mass is 10.0. The Morgan fingerprint density at radius 3 is 2.74 bits per heavy atom. The highest BCUT2D eigenvalue weighted by Gasteiger charge is 2.56. The van der Waals surface area contributed by atoms with E-state index < -0.39 is 5.60 Å². The SMILES string of the molecule is Cc1ccc(C(C)(O)CNC(=O)C2C3CCCC32)o1. The Labute approximate surface area is 113 Å². The number of fused-ring (bicyclic) bond motifs is 1. The summed E-state index contributed by atoms with van der Waals surface area (Å²) in [6.45, 7) is 3.71. The molecule has 1 aromatic heterocycles. The molecule has 19 heavy (non-hydrogen) atoms. The minimum Gasteiger partial charge on any atom is -0.463 e. The van der Waals surface area contributed by atoms with Crippen LogP contribution in [0.4, 0.5) is 0 Å². The van der Waals surface area contributed by atoms with E-state index in [4.69, 9.17) is 4.42 Å². The number of rotatable bonds is 4. The van der Waals surface area contributed by atoms with Crippen LogP contribution in [-0.4, -0.2) is 17.6 Å². The van der Waals surface area contributed by atoms with E-state index in [0.29, 0.717) is 17.6 Å². The Kier molecular flexibility index (Phi) is 2.93. The van der Waals surface area contributed by atoms with Crippen LogP contribution >= 0.6 is 0 Å². The third-order valence-electron chi connectivity index (χ3n) is 4.59. The van der Waals surface area contributed by atoms with Gasteiger partial charge in [-0.15, -0.1) is 0 Å². The summed E-state index contributed by atoms with van der Waals surface area (Å²) < 4.78 is 5.43. The van der Waals surface area contributed by atoms with Gasteiger partial charge in [0.05, 0.1) is 6.54 Å². The Morgan fingerprint density at radius 1 is 1.47 bits per heavy atom. The molecule has 4 heteroatoms. The molecule has 0 radical (unpaired) electrons. The van der Waals surface area contributed by atoms with Crippen molar-refractivity contribution in [3.05, 3.63) is 23.7 Å². The Morgan fingerprint density at radius 2 is 2.16 bits per heavy atom. The first-order valence-electron chi connectivity index (χ1n) is 7.06. The Hall–Kier alpha value is -1.29. The highest BCUT2D eigenvalue weighted by atomic mass is 16.4. The van der Waals surface area contributed by atoms with Crippen LogP contribution in [0.1, 0.15) is 37.7 Å². The summed E-state index contributed by atoms with van der Waals surface area (Å²) in [5.74, 6) is 2.77. The summed E-state index contributed by atoms with van der Waals surface area (Å²) in [5.41, 5.74) is -1.14. The minimum atomic E-state index is -1.14. The number of carbonyl (C=O) groups excluding carboxylic acids is 1. The zero-order chi connectivity index (χ0) is 13.6. The number of aliphatic hydroxyl groups is 1. The van der Waals surface area contributed by atoms with Gasteiger partial charge in [0.25, 0.3) is 0 Å². The fourth-order valence-corrected chi connectivity index (χ4v) is 3.40. The standard InChI is InChI=1S/C15H21NO3/c1-9-6-7-12(19-9)15(2,18)8-16-14(17)13-10-4-3-5-11(10)13/h6-7,10-11,13,18H,3-5,8H2,1-2H3,(H,16,17). The lowest BCUT2D eigenvalue weighted by Gasteiger charge is -2.21. The maximum absolute atomic E-state index is 12.0. The lowest BCUT2D eigenvalue weighted by Crippen LogP contribution is -2.39. The molecule has 3 unspecified atom stereocenters. The number of hydrogen-bond donors (Lipinski definition) is 2. The summed E-state index contributed by atoms with van der Waals surface area (Å²) >= 11 is 0. The highest BCUT2D eigenvalue weighted by molar-refractivity contribution is 5.82. The molecular formula is C15H21NO3. The van der Waals surface area contributed by atoms with Crippen molar-refractivity contribution < 1.29 is 14.3 Å². The van der Waals surface area contributed by atoms with E-state index in [0.717, 1.165) is 5.76 Å². The zero-order valence-electron chi connectivity index (χ0n) is 11.5. The predicted molar refractivity (Wildman–Crippen MR) is 70.3 cm³/mol. The van der Waals surface area contributed by atoms with Crippen LogP contribution in [0.3, 0.4) is 0 Å². The van der Waals surface area contributed by atoms with Gasteiger partial charge < -0.3 is 14.8 Å². The lowest BCUT2D eigenvalue weighted by molar-refractivity contribution is -0.124. The van der Waals surface area contributed by atoms with Crippen molar-refractivity contribution >= 4 is 5.91 Å². The molecule has 0 aromatic carbocycles. The van der Waals surface area contributed by atoms with Crippen LogP contribution in [0.2, 0.25) is 0 Å². The first-order chi connectivity index (χ1) is 8.99. The third kappa shape index (κ3) is 2.29. The molecule has 3 rings (SSSR count). The second-order valence-electron chi connectivity index (χ2n) is 6.19. The van der Waals surface area contributed by atoms with Gasteiger partial charge in [-0.05, 0) is 50.7 Å². The number of furan rings is 1. The van der Waals surface area contributed by atoms with Gasteiger partial charge in [-0.1, -0.05) is 6.42 Å². The van der Waals surface area contributed by atoms with Gasteiger partial charge in [-0.2, -0.15) is 0 Å². The van der Waals surface area contributed by atoms with Crippen LogP contribution in [-0.2, 0) is 10.4 Å². The molecule has 2 saturated carbocycles. The van der Waals surface area contributed by atoms with Crippen molar-refractivity contribution in [3.63, 3.8) is 0 Å². The van der Waals surface area contributed by atoms with Crippen molar-refractivity contribution in [2.75, 3.05) is 6.54 Å². The summed E-state index contributed by atoms with van der Waals surface area (Å²) in [4.78, 5) is 12.0. The molecule has 0 saturated heterocycles. The van der Waals surface area contributed by atoms with E-state index in [9.17, 15) is 9.90 Å². The number of amides is 1. The summed E-state index contributed by atoms with van der Waals surface area (Å²) in [6.07, 6.45) is 3.65. The fraction of sp³-hybridized carbons (Fsp3) is 0.667. The fourth-order valence-electron chi connectivity index (χ4n) is 3.40. The van der Waals surface area contributed by atoms with E-state index in [1.54, 1.807) is 13.0 Å². The maximum atomic E-state index is 12.0. The zero-order valence-corrected chi connectivity index (χ0v) is 11.5. The van der Waals surface area contributed by atoms with Gasteiger partial charge in [0.15, 0.2) is 0 Å². The van der Waals surface area contributed by atoms with Crippen LogP contribution in [0, 0.1) is 24.7 Å². The topological polar surface area (TPSA) is 62.5 Å². The maximum Gasteiger partial charge on any atom is 0.223 e. The van der Waals surface area contributed by atoms with E-state index >= 15 is 0 Å². The monoisotopic (exact) mass is 263 g/mol. The average molecular weight is 263 g/mol. The molecule has 2 N–H and O–H groups in total. The number of hydrogen-bond acceptors (Lipinski definition) is 3. The second-order valence-corrected chi connectivity index (χ2v) is 6.19. The minimum absolute atomic E-state index is 0.0956. The van der Waals surface area contributed by atoms with E-state index in [1.165, 1.54) is 19.3 Å². The highest BCUT2D eigenvalue weighted by Crippen LogP contribution is 2.57. The summed E-state index contributed by atoms with van der Waals surface area (Å²) in [6, 6.07) is 3.57. The molecule has 3 atom stereocenters. The molecule has 2 fully saturated rings. The van der Waals surface area contributed by atoms with E-state index in [2.05, 4.69) is 5.32 Å². The van der Waals surface area contributed by atoms with Crippen molar-refractivity contribution in [1.29, 1.82) is 0 Å². The molecule has 1 heterocycles. The molecule has 2 aliphatic carbocycles. The number of nitrogens with one attached hydrogen (secondary N) is 1. The number of aryl methyl sites for hydroxylation is 1. The van der Waals surface area contributed by atoms with Gasteiger partial charge in [-0.3, -0.25) is 4.79 Å². The number of carbonyl (C=O) groups is 1. The third-order valence-corrected chi connectivity index (χ3v) is 4.59. The average Bonchev–Trinajstić information content (AvgIpc) is 2.75. The van der Waals surface area contributed by atoms with Crippen LogP contribution in [0.5, 0.6) is 0 Å². The summed E-state index contributed by atoms with van der Waals surface area (Å²) in [7, 11) is 0. The first kappa shape index (κ1) is 12.7. The van der Waals surface area contributed by atoms with Crippen LogP contribution in [0.25, 0.3) is 0 Å². The molecule has 1 amide bonds. The van der Waals surface area contributed by atoms with Crippen molar-refractivity contribution in [1.82, 2.24) is 5.32 Å². The molecule has 0 aliphatic heterocycles. The van der Waals surface area contributed by atoms with Gasteiger partial charge in [0, 0.05) is 5.92 Å². The van der Waals surface area contributed by atoms with Gasteiger partial charge >= 0.3 is 0 Å². The van der Waals surface area contributed by atoms with Crippen LogP contribution < -0.4 is 5.32 Å². The van der Waals surface area contributed by atoms with E-state index in [1.807, 2.05) is 13.0 Å². The van der Waals surface area contributed by atoms with Crippen LogP contribution in [0.15, 0.2) is 16.5 Å². The first-order valence-corrected chi connectivity index (χ1v) is 7.06. The molecular weight excluding hydrogens is 242 g/mol. The van der Waals surface area contributed by atoms with Gasteiger partial charge in [-0.25, -0.2) is 0 Å². The van der Waals surface area contributed by atoms with Crippen molar-refractivity contribution in [2.24, 2.45) is 17.8 Å². The Bertz CT molecular complexity index is 481. The van der Waals surface area contributed by atoms with Crippen molar-refractivity contribution in [3.8, 4) is 0 Å². The van der Waals surface area contributed by atoms with Gasteiger partial charge in [0.1, 0.15) is 17.1 Å². The normalized spacial score (nSPS) is 31.6. The summed E-state index contributed by atoms with van der Waals surface area (Å²) in [5, 5.41) is 13.2. The predicted octanol–water partition coefficient (Wildman–Crippen LogP) is 1.96. The molecule has 0 bridgehead atoms. The Balaban J connectivity index is 1.55. The molecule has 2 aliphatic rings. The molecule has 4 nitrogen and oxygen atoms in total. The molecule has 0 spiro atoms. The van der Waals surface area contributed by atoms with Gasteiger partial charge in [0.2, 0.25) is 5.91 Å².